The molecule has 0 saturated carbocycles. The molecule has 3 heterocycles. The van der Waals surface area contributed by atoms with Gasteiger partial charge >= 0.3 is 7.12 Å². The van der Waals surface area contributed by atoms with Crippen LogP contribution in [0.3, 0.4) is 0 Å². The van der Waals surface area contributed by atoms with Crippen LogP contribution in [0.2, 0.25) is 0 Å². The van der Waals surface area contributed by atoms with Crippen LogP contribution in [0.25, 0.3) is 0 Å². The molecule has 3 aliphatic rings. The molecule has 4 nitrogen and oxygen atoms in total. The Hall–Kier alpha value is -1.30. The van der Waals surface area contributed by atoms with E-state index in [9.17, 15) is 0 Å². The van der Waals surface area contributed by atoms with Crippen molar-refractivity contribution in [1.82, 2.24) is 0 Å². The van der Waals surface area contributed by atoms with Crippen LogP contribution >= 0.6 is 0 Å². The third kappa shape index (κ3) is 1.81. The zero-order valence-electron chi connectivity index (χ0n) is 11.3. The van der Waals surface area contributed by atoms with Gasteiger partial charge in [-0.1, -0.05) is 12.7 Å². The fourth-order valence-electron chi connectivity index (χ4n) is 2.91. The quantitative estimate of drug-likeness (QED) is 0.763. The smallest absolute Gasteiger partial charge is 0.495 e. The molecule has 0 aromatic heterocycles. The van der Waals surface area contributed by atoms with E-state index >= 15 is 0 Å². The minimum Gasteiger partial charge on any atom is -0.497 e. The first-order chi connectivity index (χ1) is 9.08. The summed E-state index contributed by atoms with van der Waals surface area (Å²) in [5.41, 5.74) is 9.72. The first-order valence-corrected chi connectivity index (χ1v) is 6.50. The first-order valence-electron chi connectivity index (χ1n) is 6.50. The Bertz CT molecular complexity index is 519. The van der Waals surface area contributed by atoms with Gasteiger partial charge in [0.1, 0.15) is 6.61 Å². The van der Waals surface area contributed by atoms with Gasteiger partial charge in [-0.3, -0.25) is 0 Å². The molecular weight excluding hydrogens is 241 g/mol. The fraction of sp³-hybridized carbons (Fsp3) is 0.429. The summed E-state index contributed by atoms with van der Waals surface area (Å²) in [6.07, 6.45) is 5.32. The van der Waals surface area contributed by atoms with Gasteiger partial charge in [-0.25, -0.2) is 0 Å². The summed E-state index contributed by atoms with van der Waals surface area (Å²) in [7, 11) is -0.358. The lowest BCUT2D eigenvalue weighted by atomic mass is 9.68. The highest BCUT2D eigenvalue weighted by atomic mass is 16.6. The van der Waals surface area contributed by atoms with Crippen LogP contribution in [0, 0.1) is 0 Å². The van der Waals surface area contributed by atoms with Crippen molar-refractivity contribution < 1.29 is 14.0 Å². The second kappa shape index (κ2) is 4.37. The van der Waals surface area contributed by atoms with E-state index in [4.69, 9.17) is 19.8 Å². The van der Waals surface area contributed by atoms with Crippen molar-refractivity contribution in [2.75, 3.05) is 13.2 Å². The van der Waals surface area contributed by atoms with E-state index in [0.29, 0.717) is 13.2 Å². The maximum atomic E-state index is 6.01. The van der Waals surface area contributed by atoms with Crippen molar-refractivity contribution in [2.45, 2.75) is 25.6 Å². The minimum atomic E-state index is -0.382. The van der Waals surface area contributed by atoms with Gasteiger partial charge in [0.05, 0.1) is 18.0 Å². The molecule has 5 heteroatoms. The monoisotopic (exact) mass is 259 g/mol. The SMILES string of the molecule is C=CC1=C2C=COCC3=C2B(O[C@@H]1CN)OC3(C)C. The average Bonchev–Trinajstić information content (AvgIpc) is 2.55. The van der Waals surface area contributed by atoms with Gasteiger partial charge in [0, 0.05) is 6.54 Å². The lowest BCUT2D eigenvalue weighted by Gasteiger charge is -2.29. The molecule has 0 aromatic carbocycles. The van der Waals surface area contributed by atoms with Gasteiger partial charge in [0.15, 0.2) is 0 Å². The van der Waals surface area contributed by atoms with E-state index in [0.717, 1.165) is 22.2 Å². The van der Waals surface area contributed by atoms with Crippen LogP contribution in [0.5, 0.6) is 0 Å². The number of hydrogen-bond acceptors (Lipinski definition) is 4. The summed E-state index contributed by atoms with van der Waals surface area (Å²) in [6, 6.07) is 0. The average molecular weight is 259 g/mol. The third-order valence-corrected chi connectivity index (χ3v) is 3.92. The van der Waals surface area contributed by atoms with E-state index in [1.54, 1.807) is 6.26 Å². The topological polar surface area (TPSA) is 53.7 Å². The molecule has 0 spiro atoms. The van der Waals surface area contributed by atoms with Crippen molar-refractivity contribution in [3.05, 3.63) is 47.2 Å². The van der Waals surface area contributed by atoms with Gasteiger partial charge in [-0.2, -0.15) is 0 Å². The highest BCUT2D eigenvalue weighted by Crippen LogP contribution is 2.44. The molecule has 0 aromatic rings. The number of hydrogen-bond donors (Lipinski definition) is 1. The summed E-state index contributed by atoms with van der Waals surface area (Å²) < 4.78 is 17.5. The Labute approximate surface area is 113 Å². The van der Waals surface area contributed by atoms with Crippen LogP contribution in [-0.2, 0) is 14.0 Å². The van der Waals surface area contributed by atoms with E-state index in [-0.39, 0.29) is 18.8 Å². The molecule has 3 aliphatic heterocycles. The van der Waals surface area contributed by atoms with Crippen molar-refractivity contribution >= 4 is 7.12 Å². The standard InChI is InChI=1S/C14H18BNO3/c1-4-9-10-5-6-17-8-11-13(10)15(18-12(9)7-16)19-14(11,2)3/h4-6,12H,1,7-8,16H2,2-3H3/t12-/m1/s1. The second-order valence-electron chi connectivity index (χ2n) is 5.40. The van der Waals surface area contributed by atoms with Crippen molar-refractivity contribution in [3.63, 3.8) is 0 Å². The largest absolute Gasteiger partial charge is 0.497 e. The molecule has 0 fully saturated rings. The third-order valence-electron chi connectivity index (χ3n) is 3.92. The molecule has 2 N–H and O–H groups in total. The summed E-state index contributed by atoms with van der Waals surface area (Å²) in [5.74, 6) is 0. The molecule has 0 aliphatic carbocycles. The van der Waals surface area contributed by atoms with E-state index in [1.165, 1.54) is 0 Å². The van der Waals surface area contributed by atoms with Gasteiger partial charge in [-0.15, -0.1) is 0 Å². The van der Waals surface area contributed by atoms with Crippen molar-refractivity contribution in [2.24, 2.45) is 5.73 Å². The number of ether oxygens (including phenoxy) is 1. The van der Waals surface area contributed by atoms with Crippen LogP contribution in [0.4, 0.5) is 0 Å². The molecule has 1 atom stereocenters. The van der Waals surface area contributed by atoms with E-state index in [1.807, 2.05) is 26.0 Å². The van der Waals surface area contributed by atoms with Crippen LogP contribution in [0.1, 0.15) is 13.8 Å². The molecule has 0 radical (unpaired) electrons. The number of rotatable bonds is 2. The summed E-state index contributed by atoms with van der Waals surface area (Å²) in [5, 5.41) is 0. The van der Waals surface area contributed by atoms with Gasteiger partial charge in [0.25, 0.3) is 0 Å². The zero-order chi connectivity index (χ0) is 13.6. The van der Waals surface area contributed by atoms with Gasteiger partial charge in [-0.05, 0) is 42.1 Å². The molecule has 0 unspecified atom stereocenters. The normalized spacial score (nSPS) is 28.2. The zero-order valence-corrected chi connectivity index (χ0v) is 11.3. The van der Waals surface area contributed by atoms with Crippen molar-refractivity contribution in [3.8, 4) is 0 Å². The number of nitrogens with two attached hydrogens (primary N) is 1. The molecule has 19 heavy (non-hydrogen) atoms. The summed E-state index contributed by atoms with van der Waals surface area (Å²) in [6.45, 7) is 8.88. The molecule has 100 valence electrons. The second-order valence-corrected chi connectivity index (χ2v) is 5.40. The van der Waals surface area contributed by atoms with Gasteiger partial charge < -0.3 is 19.8 Å². The highest BCUT2D eigenvalue weighted by Gasteiger charge is 2.50. The number of allylic oxidation sites excluding steroid dienone is 3. The highest BCUT2D eigenvalue weighted by molar-refractivity contribution is 6.57. The molecule has 0 amide bonds. The summed E-state index contributed by atoms with van der Waals surface area (Å²) >= 11 is 0. The Morgan fingerprint density at radius 1 is 1.58 bits per heavy atom. The molecule has 0 bridgehead atoms. The molecule has 3 rings (SSSR count). The maximum absolute atomic E-state index is 6.01. The molecule has 0 saturated heterocycles. The van der Waals surface area contributed by atoms with E-state index < -0.39 is 0 Å². The Morgan fingerprint density at radius 2 is 2.37 bits per heavy atom. The first kappa shape index (κ1) is 12.7. The predicted molar refractivity (Wildman–Crippen MR) is 74.2 cm³/mol. The minimum absolute atomic E-state index is 0.181. The summed E-state index contributed by atoms with van der Waals surface area (Å²) in [4.78, 5) is 0. The van der Waals surface area contributed by atoms with Crippen LogP contribution in [-0.4, -0.2) is 32.0 Å². The lowest BCUT2D eigenvalue weighted by Crippen LogP contribution is -2.40. The Balaban J connectivity index is 2.21. The fourth-order valence-corrected chi connectivity index (χ4v) is 2.91. The van der Waals surface area contributed by atoms with Crippen LogP contribution < -0.4 is 5.73 Å². The van der Waals surface area contributed by atoms with E-state index in [2.05, 4.69) is 6.58 Å². The maximum Gasteiger partial charge on any atom is 0.495 e. The Kier molecular flexibility index (Phi) is 2.93. The molecular formula is C14H18BNO3. The Morgan fingerprint density at radius 3 is 3.05 bits per heavy atom. The van der Waals surface area contributed by atoms with Crippen molar-refractivity contribution in [1.29, 1.82) is 0 Å². The predicted octanol–water partition coefficient (Wildman–Crippen LogP) is 1.50. The van der Waals surface area contributed by atoms with Gasteiger partial charge in [0.2, 0.25) is 0 Å². The van der Waals surface area contributed by atoms with Crippen LogP contribution in [0.15, 0.2) is 47.2 Å². The lowest BCUT2D eigenvalue weighted by molar-refractivity contribution is 0.0905.